The van der Waals surface area contributed by atoms with Crippen LogP contribution >= 0.6 is 23.1 Å². The number of thioether (sulfide) groups is 1. The number of rotatable bonds is 5. The predicted octanol–water partition coefficient (Wildman–Crippen LogP) is 1.48. The van der Waals surface area contributed by atoms with Gasteiger partial charge in [0.05, 0.1) is 5.75 Å². The first kappa shape index (κ1) is 13.1. The minimum Gasteiger partial charge on any atom is -0.337 e. The van der Waals surface area contributed by atoms with E-state index in [1.54, 1.807) is 11.3 Å². The largest absolute Gasteiger partial charge is 0.337 e. The Labute approximate surface area is 103 Å². The van der Waals surface area contributed by atoms with Gasteiger partial charge in [-0.15, -0.1) is 11.3 Å². The highest BCUT2D eigenvalue weighted by atomic mass is 32.2. The Hall–Kier alpha value is -1.01. The van der Waals surface area contributed by atoms with Crippen molar-refractivity contribution in [1.29, 1.82) is 0 Å². The molecule has 16 heavy (non-hydrogen) atoms. The predicted molar refractivity (Wildman–Crippen MR) is 67.9 cm³/mol. The van der Waals surface area contributed by atoms with Crippen molar-refractivity contribution in [3.63, 3.8) is 0 Å². The maximum Gasteiger partial charge on any atom is 0.321 e. The fraction of sp³-hybridized carbons (Fsp3) is 0.400. The van der Waals surface area contributed by atoms with Gasteiger partial charge < -0.3 is 5.32 Å². The van der Waals surface area contributed by atoms with Gasteiger partial charge in [-0.2, -0.15) is 11.8 Å². The van der Waals surface area contributed by atoms with Crippen LogP contribution in [0.5, 0.6) is 0 Å². The molecule has 4 nitrogen and oxygen atoms in total. The van der Waals surface area contributed by atoms with Crippen LogP contribution < -0.4 is 10.6 Å². The lowest BCUT2D eigenvalue weighted by atomic mass is 10.3. The summed E-state index contributed by atoms with van der Waals surface area (Å²) in [4.78, 5) is 23.5. The van der Waals surface area contributed by atoms with E-state index in [1.165, 1.54) is 16.6 Å². The number of amides is 3. The molecule has 6 heteroatoms. The Morgan fingerprint density at radius 3 is 2.94 bits per heavy atom. The van der Waals surface area contributed by atoms with Gasteiger partial charge in [0.15, 0.2) is 0 Å². The van der Waals surface area contributed by atoms with E-state index in [0.29, 0.717) is 12.3 Å². The van der Waals surface area contributed by atoms with E-state index in [-0.39, 0.29) is 5.91 Å². The number of carbonyl (C=O) groups is 2. The van der Waals surface area contributed by atoms with Crippen molar-refractivity contribution in [3.05, 3.63) is 22.4 Å². The average molecular weight is 258 g/mol. The third-order valence-electron chi connectivity index (χ3n) is 1.77. The molecule has 0 bridgehead atoms. The van der Waals surface area contributed by atoms with Gasteiger partial charge in [0, 0.05) is 11.4 Å². The average Bonchev–Trinajstić information content (AvgIpc) is 2.70. The van der Waals surface area contributed by atoms with E-state index < -0.39 is 6.03 Å². The minimum absolute atomic E-state index is 0.263. The molecule has 1 aromatic rings. The highest BCUT2D eigenvalue weighted by Gasteiger charge is 2.05. The lowest BCUT2D eigenvalue weighted by molar-refractivity contribution is -0.117. The summed E-state index contributed by atoms with van der Waals surface area (Å²) in [5.74, 6) is 0.0411. The Balaban J connectivity index is 2.13. The van der Waals surface area contributed by atoms with E-state index in [4.69, 9.17) is 0 Å². The molecule has 0 aliphatic rings. The van der Waals surface area contributed by atoms with E-state index in [2.05, 4.69) is 10.6 Å². The van der Waals surface area contributed by atoms with Gasteiger partial charge in [-0.3, -0.25) is 10.1 Å². The molecule has 0 saturated carbocycles. The van der Waals surface area contributed by atoms with E-state index in [0.717, 1.165) is 6.42 Å². The zero-order valence-corrected chi connectivity index (χ0v) is 10.6. The fourth-order valence-corrected chi connectivity index (χ4v) is 2.14. The molecule has 1 rings (SSSR count). The standard InChI is InChI=1S/C10H14N2O2S2/c1-15-7-9(13)12-10(14)11-5-4-8-3-2-6-16-8/h2-3,6H,4-5,7H2,1H3,(H2,11,12,13,14). The maximum absolute atomic E-state index is 11.2. The molecule has 0 spiro atoms. The van der Waals surface area contributed by atoms with E-state index in [1.807, 2.05) is 23.8 Å². The minimum atomic E-state index is -0.421. The third-order valence-corrected chi connectivity index (χ3v) is 3.25. The van der Waals surface area contributed by atoms with Crippen molar-refractivity contribution in [2.24, 2.45) is 0 Å². The van der Waals surface area contributed by atoms with Gasteiger partial charge in [-0.25, -0.2) is 4.79 Å². The highest BCUT2D eigenvalue weighted by Crippen LogP contribution is 2.07. The molecule has 0 aromatic carbocycles. The van der Waals surface area contributed by atoms with Gasteiger partial charge in [-0.05, 0) is 24.1 Å². The van der Waals surface area contributed by atoms with Crippen LogP contribution in [-0.2, 0) is 11.2 Å². The summed E-state index contributed by atoms with van der Waals surface area (Å²) in [6, 6.07) is 3.57. The third kappa shape index (κ3) is 5.18. The summed E-state index contributed by atoms with van der Waals surface area (Å²) in [6.07, 6.45) is 2.61. The van der Waals surface area contributed by atoms with E-state index >= 15 is 0 Å². The van der Waals surface area contributed by atoms with Gasteiger partial charge in [0.1, 0.15) is 0 Å². The van der Waals surface area contributed by atoms with Gasteiger partial charge in [-0.1, -0.05) is 6.07 Å². The Bertz CT molecular complexity index is 339. The molecule has 0 atom stereocenters. The van der Waals surface area contributed by atoms with Crippen molar-refractivity contribution in [1.82, 2.24) is 10.6 Å². The highest BCUT2D eigenvalue weighted by molar-refractivity contribution is 7.99. The SMILES string of the molecule is CSCC(=O)NC(=O)NCCc1cccs1. The van der Waals surface area contributed by atoms with Crippen LogP contribution in [0.15, 0.2) is 17.5 Å². The summed E-state index contributed by atoms with van der Waals surface area (Å²) in [6.45, 7) is 0.541. The lowest BCUT2D eigenvalue weighted by Crippen LogP contribution is -2.41. The number of hydrogen-bond acceptors (Lipinski definition) is 4. The molecule has 2 N–H and O–H groups in total. The first-order valence-electron chi connectivity index (χ1n) is 4.81. The zero-order valence-electron chi connectivity index (χ0n) is 8.99. The van der Waals surface area contributed by atoms with Crippen LogP contribution in [-0.4, -0.2) is 30.5 Å². The van der Waals surface area contributed by atoms with Crippen molar-refractivity contribution >= 4 is 35.0 Å². The molecule has 0 unspecified atom stereocenters. The first-order valence-corrected chi connectivity index (χ1v) is 7.08. The Kier molecular flexibility index (Phi) is 5.95. The summed E-state index contributed by atoms with van der Waals surface area (Å²) in [5.41, 5.74) is 0. The fourth-order valence-electron chi connectivity index (χ4n) is 1.09. The first-order chi connectivity index (χ1) is 7.72. The molecule has 0 aliphatic carbocycles. The Morgan fingerprint density at radius 2 is 2.31 bits per heavy atom. The number of hydrogen-bond donors (Lipinski definition) is 2. The van der Waals surface area contributed by atoms with Gasteiger partial charge in [0.25, 0.3) is 0 Å². The van der Waals surface area contributed by atoms with Crippen molar-refractivity contribution in [3.8, 4) is 0 Å². The summed E-state index contributed by atoms with van der Waals surface area (Å²) < 4.78 is 0. The second-order valence-corrected chi connectivity index (χ2v) is 4.96. The Morgan fingerprint density at radius 1 is 1.50 bits per heavy atom. The second kappa shape index (κ2) is 7.29. The van der Waals surface area contributed by atoms with E-state index in [9.17, 15) is 9.59 Å². The number of imide groups is 1. The van der Waals surface area contributed by atoms with Gasteiger partial charge >= 0.3 is 6.03 Å². The normalized spacial score (nSPS) is 9.81. The smallest absolute Gasteiger partial charge is 0.321 e. The van der Waals surface area contributed by atoms with Crippen LogP contribution in [0.2, 0.25) is 0 Å². The number of urea groups is 1. The van der Waals surface area contributed by atoms with Crippen molar-refractivity contribution in [2.45, 2.75) is 6.42 Å². The monoisotopic (exact) mass is 258 g/mol. The lowest BCUT2D eigenvalue weighted by Gasteiger charge is -2.04. The molecule has 0 fully saturated rings. The number of nitrogens with one attached hydrogen (secondary N) is 2. The molecular formula is C10H14N2O2S2. The molecule has 1 heterocycles. The second-order valence-electron chi connectivity index (χ2n) is 3.07. The number of thiophene rings is 1. The molecule has 88 valence electrons. The quantitative estimate of drug-likeness (QED) is 0.841. The number of carbonyl (C=O) groups excluding carboxylic acids is 2. The molecule has 0 aliphatic heterocycles. The molecule has 3 amide bonds. The maximum atomic E-state index is 11.2. The molecule has 1 aromatic heterocycles. The molecule has 0 radical (unpaired) electrons. The summed E-state index contributed by atoms with van der Waals surface area (Å²) in [7, 11) is 0. The van der Waals surface area contributed by atoms with Crippen LogP contribution in [0.25, 0.3) is 0 Å². The van der Waals surface area contributed by atoms with Crippen LogP contribution in [0.4, 0.5) is 4.79 Å². The van der Waals surface area contributed by atoms with Gasteiger partial charge in [0.2, 0.25) is 5.91 Å². The zero-order chi connectivity index (χ0) is 11.8. The van der Waals surface area contributed by atoms with Crippen molar-refractivity contribution in [2.75, 3.05) is 18.6 Å². The topological polar surface area (TPSA) is 58.2 Å². The summed E-state index contributed by atoms with van der Waals surface area (Å²) in [5, 5.41) is 6.89. The van der Waals surface area contributed by atoms with Crippen LogP contribution in [0.1, 0.15) is 4.88 Å². The molecule has 0 saturated heterocycles. The van der Waals surface area contributed by atoms with Crippen molar-refractivity contribution < 1.29 is 9.59 Å². The summed E-state index contributed by atoms with van der Waals surface area (Å²) >= 11 is 3.04. The molecular weight excluding hydrogens is 244 g/mol. The van der Waals surface area contributed by atoms with Crippen LogP contribution in [0, 0.1) is 0 Å². The van der Waals surface area contributed by atoms with Crippen LogP contribution in [0.3, 0.4) is 0 Å².